The molecule has 0 fully saturated rings. The molecule has 0 amide bonds. The molecule has 3 N–H and O–H groups in total. The fourth-order valence-corrected chi connectivity index (χ4v) is 4.21. The van der Waals surface area contributed by atoms with Crippen molar-refractivity contribution in [1.29, 1.82) is 0 Å². The van der Waals surface area contributed by atoms with Gasteiger partial charge in [-0.3, -0.25) is 0 Å². The molecule has 0 bridgehead atoms. The number of rotatable bonds is 17. The van der Waals surface area contributed by atoms with Crippen LogP contribution in [0.2, 0.25) is 0 Å². The van der Waals surface area contributed by atoms with E-state index in [4.69, 9.17) is 19.3 Å². The summed E-state index contributed by atoms with van der Waals surface area (Å²) >= 11 is 0. The van der Waals surface area contributed by atoms with Crippen molar-refractivity contribution < 1.29 is 29.5 Å². The van der Waals surface area contributed by atoms with Crippen molar-refractivity contribution in [1.82, 2.24) is 0 Å². The van der Waals surface area contributed by atoms with Gasteiger partial charge in [-0.1, -0.05) is 44.5 Å². The molecule has 2 rings (SSSR count). The smallest absolute Gasteiger partial charge is 0.115 e. The van der Waals surface area contributed by atoms with E-state index >= 15 is 0 Å². The molecule has 0 heterocycles. The zero-order chi connectivity index (χ0) is 23.9. The van der Waals surface area contributed by atoms with Crippen LogP contribution in [0.1, 0.15) is 56.6 Å². The third-order valence-electron chi connectivity index (χ3n) is 6.34. The maximum absolute atomic E-state index is 9.76. The van der Waals surface area contributed by atoms with E-state index in [1.165, 1.54) is 11.1 Å². The molecule has 0 aliphatic carbocycles. The summed E-state index contributed by atoms with van der Waals surface area (Å²) < 4.78 is 16.3. The molecular formula is C27H40O6. The lowest BCUT2D eigenvalue weighted by Crippen LogP contribution is -2.30. The maximum atomic E-state index is 9.76. The van der Waals surface area contributed by atoms with Crippen molar-refractivity contribution in [2.45, 2.75) is 50.9 Å². The average Bonchev–Trinajstić information content (AvgIpc) is 2.83. The zero-order valence-electron chi connectivity index (χ0n) is 20.0. The van der Waals surface area contributed by atoms with Gasteiger partial charge in [-0.05, 0) is 66.0 Å². The standard InChI is InChI=1S/C27H40O6/c1-3-27(2,23-9-13-25(30)14-10-23)26(22-7-11-24(29)12-8-22)6-4-5-16-31-18-20-33-21-19-32-17-15-28/h7-14,26,28-30H,3-6,15-21H2,1-2H3/t26-,27+/m1/s1. The van der Waals surface area contributed by atoms with E-state index in [1.54, 1.807) is 24.3 Å². The second kappa shape index (κ2) is 14.9. The summed E-state index contributed by atoms with van der Waals surface area (Å²) in [4.78, 5) is 0. The number of unbranched alkanes of at least 4 members (excludes halogenated alkanes) is 1. The van der Waals surface area contributed by atoms with Gasteiger partial charge in [0.25, 0.3) is 0 Å². The van der Waals surface area contributed by atoms with E-state index < -0.39 is 0 Å². The molecule has 0 spiro atoms. The SMILES string of the molecule is CC[C@@](C)(c1ccc(O)cc1)[C@H](CCCCOCCOCCOCCO)c1ccc(O)cc1. The number of hydrogen-bond donors (Lipinski definition) is 3. The Kier molecular flexibility index (Phi) is 12.3. The van der Waals surface area contributed by atoms with Gasteiger partial charge in [0.05, 0.1) is 39.6 Å². The summed E-state index contributed by atoms with van der Waals surface area (Å²) in [5.41, 5.74) is 2.32. The summed E-state index contributed by atoms with van der Waals surface area (Å²) in [5, 5.41) is 28.1. The highest BCUT2D eigenvalue weighted by Gasteiger charge is 2.35. The number of aliphatic hydroxyl groups is 1. The van der Waals surface area contributed by atoms with Crippen LogP contribution >= 0.6 is 0 Å². The van der Waals surface area contributed by atoms with Crippen molar-refractivity contribution in [3.8, 4) is 11.5 Å². The van der Waals surface area contributed by atoms with E-state index in [1.807, 2.05) is 24.3 Å². The van der Waals surface area contributed by atoms with Crippen LogP contribution in [0.25, 0.3) is 0 Å². The molecule has 0 saturated heterocycles. The van der Waals surface area contributed by atoms with E-state index in [0.29, 0.717) is 39.6 Å². The first kappa shape index (κ1) is 27.1. The molecule has 33 heavy (non-hydrogen) atoms. The first-order valence-electron chi connectivity index (χ1n) is 11.9. The van der Waals surface area contributed by atoms with E-state index in [-0.39, 0.29) is 29.4 Å². The van der Waals surface area contributed by atoms with Gasteiger partial charge < -0.3 is 29.5 Å². The third kappa shape index (κ3) is 8.97. The van der Waals surface area contributed by atoms with Crippen LogP contribution in [0.5, 0.6) is 11.5 Å². The minimum atomic E-state index is -0.0997. The first-order valence-corrected chi connectivity index (χ1v) is 11.9. The van der Waals surface area contributed by atoms with Crippen LogP contribution in [0.3, 0.4) is 0 Å². The Labute approximate surface area is 198 Å². The van der Waals surface area contributed by atoms with Crippen molar-refractivity contribution in [3.63, 3.8) is 0 Å². The number of aliphatic hydroxyl groups excluding tert-OH is 1. The number of aromatic hydroxyl groups is 2. The number of benzene rings is 2. The summed E-state index contributed by atoms with van der Waals surface area (Å²) in [6.07, 6.45) is 3.94. The molecule has 184 valence electrons. The van der Waals surface area contributed by atoms with Crippen LogP contribution < -0.4 is 0 Å². The van der Waals surface area contributed by atoms with E-state index in [0.717, 1.165) is 25.7 Å². The summed E-state index contributed by atoms with van der Waals surface area (Å²) in [6.45, 7) is 7.63. The highest BCUT2D eigenvalue weighted by atomic mass is 16.5. The third-order valence-corrected chi connectivity index (χ3v) is 6.34. The summed E-state index contributed by atoms with van der Waals surface area (Å²) in [7, 11) is 0. The number of ether oxygens (including phenoxy) is 3. The van der Waals surface area contributed by atoms with Gasteiger partial charge in [0, 0.05) is 6.61 Å². The number of phenols is 2. The second-order valence-corrected chi connectivity index (χ2v) is 8.52. The number of phenolic OH excluding ortho intramolecular Hbond substituents is 2. The Hall–Kier alpha value is -2.12. The van der Waals surface area contributed by atoms with Gasteiger partial charge in [0.2, 0.25) is 0 Å². The first-order chi connectivity index (χ1) is 16.0. The lowest BCUT2D eigenvalue weighted by molar-refractivity contribution is 0.00712. The fourth-order valence-electron chi connectivity index (χ4n) is 4.21. The molecule has 6 nitrogen and oxygen atoms in total. The summed E-state index contributed by atoms with van der Waals surface area (Å²) in [6, 6.07) is 15.1. The fraction of sp³-hybridized carbons (Fsp3) is 0.556. The molecule has 0 saturated carbocycles. The quantitative estimate of drug-likeness (QED) is 0.295. The largest absolute Gasteiger partial charge is 0.508 e. The van der Waals surface area contributed by atoms with Crippen molar-refractivity contribution in [3.05, 3.63) is 59.7 Å². The average molecular weight is 461 g/mol. The Morgan fingerprint density at radius 2 is 1.24 bits per heavy atom. The monoisotopic (exact) mass is 460 g/mol. The van der Waals surface area contributed by atoms with Crippen LogP contribution in [0.4, 0.5) is 0 Å². The van der Waals surface area contributed by atoms with Gasteiger partial charge >= 0.3 is 0 Å². The minimum Gasteiger partial charge on any atom is -0.508 e. The molecule has 0 aromatic heterocycles. The highest BCUT2D eigenvalue weighted by molar-refractivity contribution is 5.37. The molecule has 2 atom stereocenters. The lowest BCUT2D eigenvalue weighted by Gasteiger charge is -2.38. The Balaban J connectivity index is 1.87. The topological polar surface area (TPSA) is 88.4 Å². The predicted octanol–water partition coefficient (Wildman–Crippen LogP) is 4.76. The molecule has 6 heteroatoms. The van der Waals surface area contributed by atoms with Crippen molar-refractivity contribution in [2.24, 2.45) is 0 Å². The minimum absolute atomic E-state index is 0.0308. The molecule has 0 unspecified atom stereocenters. The Morgan fingerprint density at radius 3 is 1.79 bits per heavy atom. The van der Waals surface area contributed by atoms with Crippen LogP contribution in [0, 0.1) is 0 Å². The second-order valence-electron chi connectivity index (χ2n) is 8.52. The van der Waals surface area contributed by atoms with Gasteiger partial charge in [0.15, 0.2) is 0 Å². The molecule has 0 aliphatic rings. The van der Waals surface area contributed by atoms with E-state index in [2.05, 4.69) is 13.8 Å². The van der Waals surface area contributed by atoms with Crippen LogP contribution in [-0.4, -0.2) is 61.6 Å². The normalized spacial score (nSPS) is 14.2. The zero-order valence-corrected chi connectivity index (χ0v) is 20.0. The van der Waals surface area contributed by atoms with Gasteiger partial charge in [-0.2, -0.15) is 0 Å². The van der Waals surface area contributed by atoms with E-state index in [9.17, 15) is 10.2 Å². The highest BCUT2D eigenvalue weighted by Crippen LogP contribution is 2.45. The molecular weight excluding hydrogens is 420 g/mol. The van der Waals surface area contributed by atoms with Crippen molar-refractivity contribution >= 4 is 0 Å². The van der Waals surface area contributed by atoms with Gasteiger partial charge in [0.1, 0.15) is 11.5 Å². The summed E-state index contributed by atoms with van der Waals surface area (Å²) in [5.74, 6) is 0.822. The van der Waals surface area contributed by atoms with Gasteiger partial charge in [-0.25, -0.2) is 0 Å². The molecule has 0 aliphatic heterocycles. The predicted molar refractivity (Wildman–Crippen MR) is 130 cm³/mol. The Bertz CT molecular complexity index is 761. The number of hydrogen-bond acceptors (Lipinski definition) is 6. The molecule has 0 radical (unpaired) electrons. The molecule has 2 aromatic carbocycles. The van der Waals surface area contributed by atoms with Gasteiger partial charge in [-0.15, -0.1) is 0 Å². The lowest BCUT2D eigenvalue weighted by atomic mass is 9.65. The molecule has 2 aromatic rings. The maximum Gasteiger partial charge on any atom is 0.115 e. The Morgan fingerprint density at radius 1 is 0.727 bits per heavy atom. The van der Waals surface area contributed by atoms with Crippen molar-refractivity contribution in [2.75, 3.05) is 46.2 Å². The van der Waals surface area contributed by atoms with Crippen LogP contribution in [-0.2, 0) is 19.6 Å². The van der Waals surface area contributed by atoms with Crippen LogP contribution in [0.15, 0.2) is 48.5 Å².